The highest BCUT2D eigenvalue weighted by molar-refractivity contribution is 5.85. The summed E-state index contributed by atoms with van der Waals surface area (Å²) in [6, 6.07) is 16.1. The minimum atomic E-state index is -1.08. The Morgan fingerprint density at radius 1 is 1.05 bits per heavy atom. The van der Waals surface area contributed by atoms with Gasteiger partial charge in [0.05, 0.1) is 32.4 Å². The molecule has 0 saturated heterocycles. The maximum absolute atomic E-state index is 12.8. The molecule has 0 spiro atoms. The second kappa shape index (κ2) is 11.4. The predicted molar refractivity (Wildman–Crippen MR) is 135 cm³/mol. The van der Waals surface area contributed by atoms with Gasteiger partial charge in [0.2, 0.25) is 5.91 Å². The molecule has 0 aliphatic carbocycles. The van der Waals surface area contributed by atoms with Crippen molar-refractivity contribution in [2.75, 3.05) is 20.3 Å². The molecule has 11 heteroatoms. The second-order valence-corrected chi connectivity index (χ2v) is 9.31. The van der Waals surface area contributed by atoms with E-state index in [2.05, 4.69) is 15.5 Å². The fourth-order valence-corrected chi connectivity index (χ4v) is 3.85. The van der Waals surface area contributed by atoms with Gasteiger partial charge in [0.1, 0.15) is 6.04 Å². The predicted octanol–water partition coefficient (Wildman–Crippen LogP) is 2.41. The summed E-state index contributed by atoms with van der Waals surface area (Å²) in [6.07, 6.45) is -0.513. The SMILES string of the molecule is COc1ccccc1OC(=O)N1CCn2c(nnc2[C@@H](COCc2ccccc2)NC(=O)C(C)(C)N)C1. The topological polar surface area (TPSA) is 134 Å². The molecule has 1 aliphatic heterocycles. The van der Waals surface area contributed by atoms with Crippen molar-refractivity contribution in [1.82, 2.24) is 25.0 Å². The van der Waals surface area contributed by atoms with Crippen molar-refractivity contribution < 1.29 is 23.8 Å². The van der Waals surface area contributed by atoms with Crippen LogP contribution >= 0.6 is 0 Å². The smallest absolute Gasteiger partial charge is 0.415 e. The van der Waals surface area contributed by atoms with Crippen molar-refractivity contribution in [3.63, 3.8) is 0 Å². The zero-order valence-electron chi connectivity index (χ0n) is 21.2. The van der Waals surface area contributed by atoms with Gasteiger partial charge >= 0.3 is 6.09 Å². The van der Waals surface area contributed by atoms with Gasteiger partial charge in [-0.1, -0.05) is 42.5 Å². The minimum Gasteiger partial charge on any atom is -0.493 e. The average molecular weight is 509 g/mol. The third-order valence-corrected chi connectivity index (χ3v) is 5.90. The van der Waals surface area contributed by atoms with Gasteiger partial charge in [0, 0.05) is 13.1 Å². The van der Waals surface area contributed by atoms with Crippen LogP contribution < -0.4 is 20.5 Å². The lowest BCUT2D eigenvalue weighted by Gasteiger charge is -2.29. The number of nitrogens with two attached hydrogens (primary N) is 1. The average Bonchev–Trinajstić information content (AvgIpc) is 3.31. The van der Waals surface area contributed by atoms with Crippen LogP contribution in [-0.2, 0) is 29.2 Å². The van der Waals surface area contributed by atoms with Gasteiger partial charge in [0.25, 0.3) is 0 Å². The third-order valence-electron chi connectivity index (χ3n) is 5.90. The Labute approximate surface area is 215 Å². The monoisotopic (exact) mass is 508 g/mol. The second-order valence-electron chi connectivity index (χ2n) is 9.31. The summed E-state index contributed by atoms with van der Waals surface area (Å²) in [4.78, 5) is 27.1. The molecule has 11 nitrogen and oxygen atoms in total. The number of hydrogen-bond acceptors (Lipinski definition) is 8. The molecule has 2 aromatic carbocycles. The summed E-state index contributed by atoms with van der Waals surface area (Å²) >= 11 is 0. The molecule has 3 N–H and O–H groups in total. The van der Waals surface area contributed by atoms with Crippen LogP contribution in [0.25, 0.3) is 0 Å². The Hall–Kier alpha value is -3.96. The van der Waals surface area contributed by atoms with Crippen molar-refractivity contribution in [1.29, 1.82) is 0 Å². The van der Waals surface area contributed by atoms with Crippen LogP contribution in [0.1, 0.15) is 37.1 Å². The highest BCUT2D eigenvalue weighted by atomic mass is 16.6. The van der Waals surface area contributed by atoms with E-state index in [1.807, 2.05) is 34.9 Å². The number of nitrogens with zero attached hydrogens (tertiary/aromatic N) is 4. The molecule has 0 fully saturated rings. The lowest BCUT2D eigenvalue weighted by atomic mass is 10.1. The molecular weight excluding hydrogens is 476 g/mol. The number of amides is 2. The van der Waals surface area contributed by atoms with Crippen LogP contribution in [0.2, 0.25) is 0 Å². The van der Waals surface area contributed by atoms with Crippen LogP contribution in [0.5, 0.6) is 11.5 Å². The number of benzene rings is 2. The number of nitrogens with one attached hydrogen (secondary N) is 1. The zero-order chi connectivity index (χ0) is 26.4. The fraction of sp³-hybridized carbons (Fsp3) is 0.385. The van der Waals surface area contributed by atoms with Crippen LogP contribution in [0.3, 0.4) is 0 Å². The van der Waals surface area contributed by atoms with E-state index in [0.29, 0.717) is 42.8 Å². The van der Waals surface area contributed by atoms with Crippen molar-refractivity contribution in [2.45, 2.75) is 45.1 Å². The van der Waals surface area contributed by atoms with Crippen LogP contribution in [-0.4, -0.2) is 57.5 Å². The summed E-state index contributed by atoms with van der Waals surface area (Å²) in [5.74, 6) is 1.59. The molecule has 2 amide bonds. The van der Waals surface area contributed by atoms with E-state index in [9.17, 15) is 9.59 Å². The number of hydrogen-bond donors (Lipinski definition) is 2. The van der Waals surface area contributed by atoms with Crippen LogP contribution in [0.15, 0.2) is 54.6 Å². The van der Waals surface area contributed by atoms with Gasteiger partial charge in [-0.2, -0.15) is 0 Å². The number of rotatable bonds is 9. The Morgan fingerprint density at radius 2 is 1.76 bits per heavy atom. The number of carbonyl (C=O) groups is 2. The van der Waals surface area contributed by atoms with Gasteiger partial charge in [0.15, 0.2) is 23.1 Å². The standard InChI is InChI=1S/C26H32N6O5/c1-26(2,27)24(33)28-19(17-36-16-18-9-5-4-6-10-18)23-30-29-22-15-31(13-14-32(22)23)25(34)37-21-12-8-7-11-20(21)35-3/h4-12,19H,13-17,27H2,1-3H3,(H,28,33)/t19-/m1/s1. The molecular formula is C26H32N6O5. The summed E-state index contributed by atoms with van der Waals surface area (Å²) in [6.45, 7) is 4.82. The molecule has 0 radical (unpaired) electrons. The Balaban J connectivity index is 1.47. The molecule has 37 heavy (non-hydrogen) atoms. The van der Waals surface area contributed by atoms with Gasteiger partial charge in [-0.25, -0.2) is 4.79 Å². The first kappa shape index (κ1) is 26.1. The third kappa shape index (κ3) is 6.43. The van der Waals surface area contributed by atoms with Gasteiger partial charge in [-0.3, -0.25) is 9.69 Å². The first-order chi connectivity index (χ1) is 17.8. The number of para-hydroxylation sites is 2. The molecule has 1 aromatic heterocycles. The molecule has 1 aliphatic rings. The largest absolute Gasteiger partial charge is 0.493 e. The Kier molecular flexibility index (Phi) is 8.04. The lowest BCUT2D eigenvalue weighted by molar-refractivity contribution is -0.126. The van der Waals surface area contributed by atoms with Crippen molar-refractivity contribution in [2.24, 2.45) is 5.73 Å². The fourth-order valence-electron chi connectivity index (χ4n) is 3.85. The van der Waals surface area contributed by atoms with Crippen LogP contribution in [0.4, 0.5) is 4.79 Å². The van der Waals surface area contributed by atoms with E-state index in [0.717, 1.165) is 5.56 Å². The van der Waals surface area contributed by atoms with E-state index in [1.165, 1.54) is 7.11 Å². The highest BCUT2D eigenvalue weighted by Crippen LogP contribution is 2.27. The number of aromatic nitrogens is 3. The zero-order valence-corrected chi connectivity index (χ0v) is 21.2. The summed E-state index contributed by atoms with van der Waals surface area (Å²) in [5, 5.41) is 11.6. The van der Waals surface area contributed by atoms with Crippen molar-refractivity contribution in [3.8, 4) is 11.5 Å². The van der Waals surface area contributed by atoms with Crippen LogP contribution in [0, 0.1) is 0 Å². The van der Waals surface area contributed by atoms with E-state index in [-0.39, 0.29) is 19.1 Å². The highest BCUT2D eigenvalue weighted by Gasteiger charge is 2.32. The van der Waals surface area contributed by atoms with Crippen molar-refractivity contribution >= 4 is 12.0 Å². The first-order valence-corrected chi connectivity index (χ1v) is 12.0. The Morgan fingerprint density at radius 3 is 2.46 bits per heavy atom. The van der Waals surface area contributed by atoms with E-state index >= 15 is 0 Å². The maximum Gasteiger partial charge on any atom is 0.415 e. The Bertz CT molecular complexity index is 1220. The molecule has 0 saturated carbocycles. The van der Waals surface area contributed by atoms with Gasteiger partial charge in [-0.15, -0.1) is 10.2 Å². The quantitative estimate of drug-likeness (QED) is 0.450. The number of fused-ring (bicyclic) bond motifs is 1. The normalized spacial score (nSPS) is 14.0. The number of ether oxygens (including phenoxy) is 3. The molecule has 196 valence electrons. The number of methoxy groups -OCH3 is 1. The molecule has 1 atom stereocenters. The molecule has 0 bridgehead atoms. The lowest BCUT2D eigenvalue weighted by Crippen LogP contribution is -2.51. The molecule has 3 aromatic rings. The summed E-state index contributed by atoms with van der Waals surface area (Å²) < 4.78 is 18.6. The minimum absolute atomic E-state index is 0.175. The maximum atomic E-state index is 12.8. The van der Waals surface area contributed by atoms with E-state index in [1.54, 1.807) is 43.0 Å². The van der Waals surface area contributed by atoms with Crippen molar-refractivity contribution in [3.05, 3.63) is 71.8 Å². The first-order valence-electron chi connectivity index (χ1n) is 12.0. The van der Waals surface area contributed by atoms with E-state index < -0.39 is 17.7 Å². The van der Waals surface area contributed by atoms with E-state index in [4.69, 9.17) is 19.9 Å². The summed E-state index contributed by atoms with van der Waals surface area (Å²) in [5.41, 5.74) is 5.94. The molecule has 2 heterocycles. The summed E-state index contributed by atoms with van der Waals surface area (Å²) in [7, 11) is 1.52. The number of carbonyl (C=O) groups excluding carboxylic acids is 2. The molecule has 4 rings (SSSR count). The molecule has 0 unspecified atom stereocenters. The van der Waals surface area contributed by atoms with Gasteiger partial charge < -0.3 is 29.8 Å². The van der Waals surface area contributed by atoms with Gasteiger partial charge in [-0.05, 0) is 31.5 Å².